The van der Waals surface area contributed by atoms with Gasteiger partial charge in [-0.05, 0) is 17.1 Å². The van der Waals surface area contributed by atoms with E-state index in [0.717, 1.165) is 5.57 Å². The molecule has 3 nitrogen and oxygen atoms in total. The Hall–Kier alpha value is -0.370. The molecular formula is C13H19F2IN2O. The average Bonchev–Trinajstić information content (AvgIpc) is 2.56. The number of alkyl halides is 3. The lowest BCUT2D eigenvalue weighted by Gasteiger charge is -2.30. The lowest BCUT2D eigenvalue weighted by atomic mass is 9.85. The van der Waals surface area contributed by atoms with E-state index in [1.54, 1.807) is 0 Å². The Bertz CT molecular complexity index is 415. The maximum atomic E-state index is 13.5. The van der Waals surface area contributed by atoms with Crippen LogP contribution in [0.15, 0.2) is 23.6 Å². The lowest BCUT2D eigenvalue weighted by Crippen LogP contribution is -2.38. The number of halogens is 3. The van der Waals surface area contributed by atoms with Gasteiger partial charge in [-0.1, -0.05) is 43.4 Å². The van der Waals surface area contributed by atoms with Crippen molar-refractivity contribution in [2.45, 2.75) is 36.8 Å². The van der Waals surface area contributed by atoms with Crippen molar-refractivity contribution in [1.82, 2.24) is 10.6 Å². The summed E-state index contributed by atoms with van der Waals surface area (Å²) in [5.74, 6) is -2.38. The van der Waals surface area contributed by atoms with E-state index in [9.17, 15) is 8.78 Å². The van der Waals surface area contributed by atoms with Gasteiger partial charge in [-0.2, -0.15) is 0 Å². The summed E-state index contributed by atoms with van der Waals surface area (Å²) in [6, 6.07) is 0. The molecule has 0 bridgehead atoms. The molecule has 0 aromatic heterocycles. The van der Waals surface area contributed by atoms with Crippen LogP contribution in [0.3, 0.4) is 0 Å². The summed E-state index contributed by atoms with van der Waals surface area (Å²) in [5, 5.41) is 5.73. The Balaban J connectivity index is 2.13. The first kappa shape index (κ1) is 15.0. The molecule has 1 unspecified atom stereocenters. The normalized spacial score (nSPS) is 30.4. The third-order valence-corrected chi connectivity index (χ3v) is 3.86. The van der Waals surface area contributed by atoms with E-state index in [2.05, 4.69) is 60.1 Å². The van der Waals surface area contributed by atoms with Crippen LogP contribution in [-0.2, 0) is 4.74 Å². The second-order valence-corrected chi connectivity index (χ2v) is 7.27. The number of hydrogen-bond acceptors (Lipinski definition) is 3. The highest BCUT2D eigenvalue weighted by Gasteiger charge is 2.46. The van der Waals surface area contributed by atoms with E-state index in [1.165, 1.54) is 0 Å². The van der Waals surface area contributed by atoms with Crippen LogP contribution in [0.1, 0.15) is 20.8 Å². The molecule has 0 aromatic carbocycles. The van der Waals surface area contributed by atoms with Crippen LogP contribution >= 0.6 is 22.6 Å². The van der Waals surface area contributed by atoms with Gasteiger partial charge < -0.3 is 15.4 Å². The average molecular weight is 384 g/mol. The smallest absolute Gasteiger partial charge is 0.297 e. The number of allylic oxidation sites excluding steroid dienone is 2. The largest absolute Gasteiger partial charge is 0.468 e. The van der Waals surface area contributed by atoms with Gasteiger partial charge >= 0.3 is 0 Å². The van der Waals surface area contributed by atoms with E-state index in [1.807, 2.05) is 6.08 Å². The van der Waals surface area contributed by atoms with Crippen LogP contribution in [-0.4, -0.2) is 29.2 Å². The van der Waals surface area contributed by atoms with Gasteiger partial charge in [0.25, 0.3) is 5.92 Å². The minimum Gasteiger partial charge on any atom is -0.468 e. The molecule has 0 aromatic rings. The van der Waals surface area contributed by atoms with Gasteiger partial charge in [0.15, 0.2) is 12.0 Å². The van der Waals surface area contributed by atoms with Gasteiger partial charge in [0.2, 0.25) is 0 Å². The molecule has 2 N–H and O–H groups in total. The van der Waals surface area contributed by atoms with Crippen molar-refractivity contribution in [3.63, 3.8) is 0 Å². The third kappa shape index (κ3) is 3.59. The summed E-state index contributed by atoms with van der Waals surface area (Å²) in [4.78, 5) is 0. The summed E-state index contributed by atoms with van der Waals surface area (Å²) < 4.78 is 32.6. The molecule has 19 heavy (non-hydrogen) atoms. The zero-order valence-corrected chi connectivity index (χ0v) is 13.4. The van der Waals surface area contributed by atoms with Crippen LogP contribution in [0.2, 0.25) is 0 Å². The van der Waals surface area contributed by atoms with Crippen molar-refractivity contribution in [3.8, 4) is 0 Å². The number of rotatable bonds is 2. The first-order chi connectivity index (χ1) is 8.68. The summed E-state index contributed by atoms with van der Waals surface area (Å²) in [5.41, 5.74) is 1.06. The third-order valence-electron chi connectivity index (χ3n) is 3.19. The highest BCUT2D eigenvalue weighted by atomic mass is 127. The minimum atomic E-state index is -2.81. The Morgan fingerprint density at radius 1 is 1.42 bits per heavy atom. The van der Waals surface area contributed by atoms with Crippen LogP contribution in [0.25, 0.3) is 0 Å². The van der Waals surface area contributed by atoms with Crippen molar-refractivity contribution in [1.29, 1.82) is 0 Å². The van der Waals surface area contributed by atoms with E-state index in [0.29, 0.717) is 5.88 Å². The van der Waals surface area contributed by atoms with Gasteiger partial charge in [0, 0.05) is 12.6 Å². The Morgan fingerprint density at radius 3 is 2.63 bits per heavy atom. The molecular weight excluding hydrogens is 365 g/mol. The standard InChI is InChI=1S/C13H19F2IN2O/c1-12(2,3)8-4-10(16)18-11(5-8)19-9-6-17-7-13(9,14)15/h4-5,9-10,17-18H,6-7H2,1-3H3/t9-,10?/m0/s1. The predicted octanol–water partition coefficient (Wildman–Crippen LogP) is 2.79. The van der Waals surface area contributed by atoms with E-state index < -0.39 is 12.0 Å². The molecule has 2 heterocycles. The fourth-order valence-corrected chi connectivity index (χ4v) is 2.71. The van der Waals surface area contributed by atoms with Crippen molar-refractivity contribution >= 4 is 22.6 Å². The zero-order chi connectivity index (χ0) is 14.3. The molecule has 2 aliphatic heterocycles. The monoisotopic (exact) mass is 384 g/mol. The van der Waals surface area contributed by atoms with Gasteiger partial charge in [-0.25, -0.2) is 8.78 Å². The Morgan fingerprint density at radius 2 is 2.11 bits per heavy atom. The molecule has 0 radical (unpaired) electrons. The molecule has 0 saturated carbocycles. The summed E-state index contributed by atoms with van der Waals surface area (Å²) in [6.07, 6.45) is 2.80. The predicted molar refractivity (Wildman–Crippen MR) is 79.3 cm³/mol. The van der Waals surface area contributed by atoms with Gasteiger partial charge in [0.05, 0.1) is 10.6 Å². The van der Waals surface area contributed by atoms with Crippen LogP contribution < -0.4 is 10.6 Å². The molecule has 0 amide bonds. The molecule has 2 aliphatic rings. The van der Waals surface area contributed by atoms with Gasteiger partial charge in [-0.3, -0.25) is 0 Å². The lowest BCUT2D eigenvalue weighted by molar-refractivity contribution is -0.0876. The highest BCUT2D eigenvalue weighted by Crippen LogP contribution is 2.32. The zero-order valence-electron chi connectivity index (χ0n) is 11.3. The van der Waals surface area contributed by atoms with Crippen LogP contribution in [0, 0.1) is 5.41 Å². The van der Waals surface area contributed by atoms with Crippen molar-refractivity contribution in [2.24, 2.45) is 5.41 Å². The number of dihydropyridines is 1. The second-order valence-electron chi connectivity index (χ2n) is 5.93. The number of hydrogen-bond donors (Lipinski definition) is 2. The molecule has 6 heteroatoms. The molecule has 0 aliphatic carbocycles. The highest BCUT2D eigenvalue weighted by molar-refractivity contribution is 14.1. The quantitative estimate of drug-likeness (QED) is 0.437. The minimum absolute atomic E-state index is 0.0312. The van der Waals surface area contributed by atoms with Crippen molar-refractivity contribution < 1.29 is 13.5 Å². The maximum absolute atomic E-state index is 13.5. The van der Waals surface area contributed by atoms with Crippen molar-refractivity contribution in [2.75, 3.05) is 13.1 Å². The fourth-order valence-electron chi connectivity index (χ4n) is 2.01. The van der Waals surface area contributed by atoms with E-state index in [4.69, 9.17) is 4.74 Å². The Kier molecular flexibility index (Phi) is 4.11. The number of ether oxygens (including phenoxy) is 1. The van der Waals surface area contributed by atoms with Gasteiger partial charge in [0.1, 0.15) is 0 Å². The SMILES string of the molecule is CC(C)(C)C1=CC(I)NC(O[C@H]2CNCC2(F)F)=C1. The molecule has 1 saturated heterocycles. The molecule has 2 atom stereocenters. The van der Waals surface area contributed by atoms with Gasteiger partial charge in [-0.15, -0.1) is 0 Å². The van der Waals surface area contributed by atoms with Crippen LogP contribution in [0.4, 0.5) is 8.78 Å². The second kappa shape index (κ2) is 5.20. The number of nitrogens with one attached hydrogen (secondary N) is 2. The topological polar surface area (TPSA) is 33.3 Å². The summed E-state index contributed by atoms with van der Waals surface area (Å²) in [6.45, 7) is 6.13. The molecule has 108 valence electrons. The fraction of sp³-hybridized carbons (Fsp3) is 0.692. The molecule has 2 rings (SSSR count). The summed E-state index contributed by atoms with van der Waals surface area (Å²) in [7, 11) is 0. The Labute approximate surface area is 126 Å². The maximum Gasteiger partial charge on any atom is 0.297 e. The van der Waals surface area contributed by atoms with Crippen LogP contribution in [0.5, 0.6) is 0 Å². The van der Waals surface area contributed by atoms with E-state index in [-0.39, 0.29) is 22.6 Å². The molecule has 0 spiro atoms. The van der Waals surface area contributed by atoms with Crippen molar-refractivity contribution in [3.05, 3.63) is 23.6 Å². The molecule has 1 fully saturated rings. The first-order valence-corrected chi connectivity index (χ1v) is 7.53. The van der Waals surface area contributed by atoms with E-state index >= 15 is 0 Å². The first-order valence-electron chi connectivity index (χ1n) is 6.28. The summed E-state index contributed by atoms with van der Waals surface area (Å²) >= 11 is 2.21.